The summed E-state index contributed by atoms with van der Waals surface area (Å²) < 4.78 is 25.6. The molecule has 0 unspecified atom stereocenters. The van der Waals surface area contributed by atoms with Gasteiger partial charge in [0.25, 0.3) is 5.69 Å². The van der Waals surface area contributed by atoms with Crippen LogP contribution in [-0.2, 0) is 10.2 Å². The normalized spacial score (nSPS) is 10.8. The molecule has 0 fully saturated rings. The summed E-state index contributed by atoms with van der Waals surface area (Å²) >= 11 is 5.32. The molecule has 0 radical (unpaired) electrons. The molecular formula is C8H9ClN4O5S. The smallest absolute Gasteiger partial charge is 0.258 e. The Hall–Kier alpha value is -1.94. The Kier molecular flexibility index (Phi) is 5.01. The summed E-state index contributed by atoms with van der Waals surface area (Å²) in [4.78, 5) is 20.4. The zero-order valence-corrected chi connectivity index (χ0v) is 11.0. The van der Waals surface area contributed by atoms with Gasteiger partial charge in [0, 0.05) is 11.9 Å². The molecule has 0 aliphatic carbocycles. The third kappa shape index (κ3) is 3.76. The largest absolute Gasteiger partial charge is 0.341 e. The van der Waals surface area contributed by atoms with Crippen molar-refractivity contribution in [3.8, 4) is 0 Å². The molecule has 1 rings (SSSR count). The van der Waals surface area contributed by atoms with Crippen LogP contribution in [-0.4, -0.2) is 30.2 Å². The Morgan fingerprint density at radius 2 is 2.05 bits per heavy atom. The fraction of sp³-hybridized carbons (Fsp3) is 0.250. The highest BCUT2D eigenvalue weighted by molar-refractivity contribution is 7.90. The molecule has 1 aromatic rings. The lowest BCUT2D eigenvalue weighted by Gasteiger charge is -2.15. The fourth-order valence-corrected chi connectivity index (χ4v) is 2.42. The van der Waals surface area contributed by atoms with Gasteiger partial charge in [0.1, 0.15) is 5.69 Å². The van der Waals surface area contributed by atoms with Crippen molar-refractivity contribution in [2.75, 3.05) is 17.1 Å². The summed E-state index contributed by atoms with van der Waals surface area (Å²) in [5.41, 5.74) is -0.710. The van der Waals surface area contributed by atoms with E-state index in [1.54, 1.807) is 0 Å². The fourth-order valence-electron chi connectivity index (χ4n) is 1.19. The van der Waals surface area contributed by atoms with Crippen molar-refractivity contribution in [3.05, 3.63) is 39.3 Å². The summed E-state index contributed by atoms with van der Waals surface area (Å²) in [6.07, 6.45) is 0. The van der Waals surface area contributed by atoms with Crippen molar-refractivity contribution < 1.29 is 13.3 Å². The van der Waals surface area contributed by atoms with E-state index in [1.165, 1.54) is 18.2 Å². The number of nitroso groups, excluding NO2 is 1. The molecule has 19 heavy (non-hydrogen) atoms. The standard InChI is InChI=1S/C8H9ClN4O5S/c9-5-6-12(11-14)19(17,18)10-7-3-1-2-4-8(7)13(15)16/h1-4,10H,5-6H2. The Labute approximate surface area is 113 Å². The van der Waals surface area contributed by atoms with Gasteiger partial charge in [-0.3, -0.25) is 14.8 Å². The van der Waals surface area contributed by atoms with Crippen LogP contribution in [0.15, 0.2) is 29.6 Å². The number of rotatable bonds is 7. The van der Waals surface area contributed by atoms with Crippen LogP contribution in [0, 0.1) is 15.0 Å². The van der Waals surface area contributed by atoms with Crippen molar-refractivity contribution >= 4 is 33.2 Å². The van der Waals surface area contributed by atoms with E-state index < -0.39 is 20.8 Å². The van der Waals surface area contributed by atoms with Gasteiger partial charge in [-0.15, -0.1) is 20.9 Å². The lowest BCUT2D eigenvalue weighted by molar-refractivity contribution is -0.383. The zero-order chi connectivity index (χ0) is 14.5. The second-order valence-corrected chi connectivity index (χ2v) is 5.15. The first kappa shape index (κ1) is 15.1. The van der Waals surface area contributed by atoms with Gasteiger partial charge in [0.05, 0.1) is 16.8 Å². The zero-order valence-electron chi connectivity index (χ0n) is 9.39. The highest BCUT2D eigenvalue weighted by atomic mass is 35.5. The lowest BCUT2D eigenvalue weighted by Crippen LogP contribution is -2.33. The molecule has 0 heterocycles. The van der Waals surface area contributed by atoms with Crippen LogP contribution < -0.4 is 4.72 Å². The molecule has 11 heteroatoms. The molecule has 0 bridgehead atoms. The van der Waals surface area contributed by atoms with Crippen LogP contribution >= 0.6 is 11.6 Å². The van der Waals surface area contributed by atoms with Crippen molar-refractivity contribution in [1.82, 2.24) is 4.41 Å². The van der Waals surface area contributed by atoms with Crippen LogP contribution in [0.5, 0.6) is 0 Å². The van der Waals surface area contributed by atoms with Gasteiger partial charge in [-0.05, 0) is 6.07 Å². The van der Waals surface area contributed by atoms with E-state index in [9.17, 15) is 23.4 Å². The second kappa shape index (κ2) is 6.29. The number of halogens is 1. The number of hydrogen-bond donors (Lipinski definition) is 1. The maximum atomic E-state index is 11.7. The van der Waals surface area contributed by atoms with Crippen LogP contribution in [0.4, 0.5) is 11.4 Å². The highest BCUT2D eigenvalue weighted by Gasteiger charge is 2.24. The van der Waals surface area contributed by atoms with Gasteiger partial charge >= 0.3 is 10.2 Å². The molecular weight excluding hydrogens is 300 g/mol. The molecule has 104 valence electrons. The number of hydrogen-bond acceptors (Lipinski definition) is 6. The van der Waals surface area contributed by atoms with E-state index in [1.807, 2.05) is 4.72 Å². The van der Waals surface area contributed by atoms with E-state index in [4.69, 9.17) is 11.6 Å². The molecule has 0 aliphatic rings. The Balaban J connectivity index is 3.08. The molecule has 0 aromatic heterocycles. The van der Waals surface area contributed by atoms with Gasteiger partial charge in [0.15, 0.2) is 0 Å². The second-order valence-electron chi connectivity index (χ2n) is 3.20. The number of alkyl halides is 1. The van der Waals surface area contributed by atoms with Crippen molar-refractivity contribution in [3.63, 3.8) is 0 Å². The van der Waals surface area contributed by atoms with Gasteiger partial charge in [-0.2, -0.15) is 8.42 Å². The van der Waals surface area contributed by atoms with Crippen molar-refractivity contribution in [2.45, 2.75) is 0 Å². The molecule has 0 saturated carbocycles. The quantitative estimate of drug-likeness (QED) is 0.354. The molecule has 0 amide bonds. The number of benzene rings is 1. The van der Waals surface area contributed by atoms with Crippen LogP contribution in [0.3, 0.4) is 0 Å². The first-order valence-electron chi connectivity index (χ1n) is 4.85. The van der Waals surface area contributed by atoms with Crippen LogP contribution in [0.2, 0.25) is 0 Å². The van der Waals surface area contributed by atoms with E-state index in [0.29, 0.717) is 0 Å². The van der Waals surface area contributed by atoms with Crippen molar-refractivity contribution in [1.29, 1.82) is 0 Å². The van der Waals surface area contributed by atoms with E-state index in [2.05, 4.69) is 5.29 Å². The lowest BCUT2D eigenvalue weighted by atomic mass is 10.3. The summed E-state index contributed by atoms with van der Waals surface area (Å²) in [5.74, 6) is -0.149. The Morgan fingerprint density at radius 1 is 1.42 bits per heavy atom. The summed E-state index contributed by atoms with van der Waals surface area (Å²) in [6, 6.07) is 5.10. The van der Waals surface area contributed by atoms with Crippen LogP contribution in [0.25, 0.3) is 0 Å². The van der Waals surface area contributed by atoms with E-state index >= 15 is 0 Å². The van der Waals surface area contributed by atoms with Gasteiger partial charge in [-0.25, -0.2) is 0 Å². The van der Waals surface area contributed by atoms with E-state index in [-0.39, 0.29) is 22.5 Å². The first-order valence-corrected chi connectivity index (χ1v) is 6.83. The molecule has 1 aromatic carbocycles. The third-order valence-electron chi connectivity index (χ3n) is 1.98. The minimum Gasteiger partial charge on any atom is -0.258 e. The maximum absolute atomic E-state index is 11.7. The average Bonchev–Trinajstić information content (AvgIpc) is 2.35. The molecule has 9 nitrogen and oxygen atoms in total. The monoisotopic (exact) mass is 308 g/mol. The number of nitrogens with zero attached hydrogens (tertiary/aromatic N) is 3. The SMILES string of the molecule is O=NN(CCCl)S(=O)(=O)Nc1ccccc1[N+](=O)[O-]. The van der Waals surface area contributed by atoms with Gasteiger partial charge in [0.2, 0.25) is 0 Å². The number of nitro benzene ring substituents is 1. The Morgan fingerprint density at radius 3 is 2.58 bits per heavy atom. The minimum absolute atomic E-state index is 0.149. The number of nitrogens with one attached hydrogen (secondary N) is 1. The molecule has 0 saturated heterocycles. The molecule has 0 atom stereocenters. The summed E-state index contributed by atoms with van der Waals surface area (Å²) in [7, 11) is -4.33. The van der Waals surface area contributed by atoms with Crippen molar-refractivity contribution in [2.24, 2.45) is 5.29 Å². The summed E-state index contributed by atoms with van der Waals surface area (Å²) in [6.45, 7) is -0.346. The predicted octanol–water partition coefficient (Wildman–Crippen LogP) is 1.47. The average molecular weight is 309 g/mol. The predicted molar refractivity (Wildman–Crippen MR) is 68.9 cm³/mol. The Bertz CT molecular complexity index is 578. The maximum Gasteiger partial charge on any atom is 0.341 e. The first-order chi connectivity index (χ1) is 8.92. The van der Waals surface area contributed by atoms with Crippen LogP contribution in [0.1, 0.15) is 0 Å². The molecule has 0 aliphatic heterocycles. The third-order valence-corrected chi connectivity index (χ3v) is 3.44. The molecule has 1 N–H and O–H groups in total. The topological polar surface area (TPSA) is 122 Å². The van der Waals surface area contributed by atoms with E-state index in [0.717, 1.165) is 6.07 Å². The number of anilines is 1. The minimum atomic E-state index is -4.33. The van der Waals surface area contributed by atoms with Gasteiger partial charge < -0.3 is 0 Å². The van der Waals surface area contributed by atoms with Gasteiger partial charge in [-0.1, -0.05) is 12.1 Å². The highest BCUT2D eigenvalue weighted by Crippen LogP contribution is 2.24. The number of nitro groups is 1. The number of para-hydroxylation sites is 2. The molecule has 0 spiro atoms. The summed E-state index contributed by atoms with van der Waals surface area (Å²) in [5, 5.41) is 13.0.